The van der Waals surface area contributed by atoms with Gasteiger partial charge in [-0.2, -0.15) is 0 Å². The van der Waals surface area contributed by atoms with Crippen LogP contribution in [0.3, 0.4) is 0 Å². The highest BCUT2D eigenvalue weighted by atomic mass is 16.5. The van der Waals surface area contributed by atoms with Crippen LogP contribution in [0.4, 0.5) is 0 Å². The molecule has 0 unspecified atom stereocenters. The molecule has 0 aliphatic heterocycles. The van der Waals surface area contributed by atoms with E-state index in [1.54, 1.807) is 49.4 Å². The molecule has 1 amide bonds. The Morgan fingerprint density at radius 2 is 2.11 bits per heavy atom. The highest BCUT2D eigenvalue weighted by molar-refractivity contribution is 5.81. The predicted octanol–water partition coefficient (Wildman–Crippen LogP) is 3.41. The van der Waals surface area contributed by atoms with Gasteiger partial charge in [0.1, 0.15) is 11.3 Å². The number of fused-ring (bicyclic) bond motifs is 1. The molecular weight excluding hydrogens is 356 g/mol. The van der Waals surface area contributed by atoms with Crippen LogP contribution >= 0.6 is 0 Å². The Labute approximate surface area is 162 Å². The quantitative estimate of drug-likeness (QED) is 0.460. The van der Waals surface area contributed by atoms with Crippen LogP contribution in [-0.4, -0.2) is 20.9 Å². The van der Waals surface area contributed by atoms with E-state index in [0.717, 1.165) is 5.57 Å². The summed E-state index contributed by atoms with van der Waals surface area (Å²) in [6.07, 6.45) is 11.7. The zero-order valence-electron chi connectivity index (χ0n) is 15.6. The molecular formula is C21H22N4O3. The minimum atomic E-state index is -0.364. The number of H-pyrrole nitrogens is 2. The van der Waals surface area contributed by atoms with Gasteiger partial charge in [0.05, 0.1) is 6.42 Å². The van der Waals surface area contributed by atoms with Gasteiger partial charge in [-0.25, -0.2) is 9.78 Å². The van der Waals surface area contributed by atoms with Crippen molar-refractivity contribution in [3.8, 4) is 5.75 Å². The summed E-state index contributed by atoms with van der Waals surface area (Å²) in [5.41, 5.74) is 1.67. The van der Waals surface area contributed by atoms with Crippen LogP contribution in [0.1, 0.15) is 13.3 Å². The molecule has 0 fully saturated rings. The number of nitrogens with one attached hydrogen (secondary N) is 3. The molecule has 7 nitrogen and oxygen atoms in total. The molecule has 0 saturated heterocycles. The number of hydrogen-bond donors (Lipinski definition) is 3. The molecule has 2 aromatic heterocycles. The average Bonchev–Trinajstić information content (AvgIpc) is 3.05. The van der Waals surface area contributed by atoms with Gasteiger partial charge in [-0.1, -0.05) is 38.0 Å². The molecule has 0 aliphatic carbocycles. The molecule has 0 saturated carbocycles. The molecule has 144 valence electrons. The molecule has 0 spiro atoms. The molecule has 0 aliphatic rings. The first kappa shape index (κ1) is 20.4. The summed E-state index contributed by atoms with van der Waals surface area (Å²) in [4.78, 5) is 32.8. The molecule has 0 radical (unpaired) electrons. The first-order valence-corrected chi connectivity index (χ1v) is 8.48. The van der Waals surface area contributed by atoms with Crippen molar-refractivity contribution in [2.24, 2.45) is 0 Å². The summed E-state index contributed by atoms with van der Waals surface area (Å²) in [7, 11) is 0. The van der Waals surface area contributed by atoms with Crippen molar-refractivity contribution in [1.82, 2.24) is 20.3 Å². The number of ether oxygens (including phenoxy) is 1. The van der Waals surface area contributed by atoms with Gasteiger partial charge in [0, 0.05) is 18.0 Å². The number of pyridine rings is 1. The topological polar surface area (TPSA) is 99.9 Å². The zero-order chi connectivity index (χ0) is 20.5. The lowest BCUT2D eigenvalue weighted by Crippen LogP contribution is -2.21. The summed E-state index contributed by atoms with van der Waals surface area (Å²) in [5.74, 6) is 0.732. The van der Waals surface area contributed by atoms with E-state index in [4.69, 9.17) is 4.74 Å². The highest BCUT2D eigenvalue weighted by Gasteiger charge is 2.08. The Morgan fingerprint density at radius 3 is 2.79 bits per heavy atom. The minimum Gasteiger partial charge on any atom is -0.455 e. The number of imidazole rings is 1. The second kappa shape index (κ2) is 9.72. The summed E-state index contributed by atoms with van der Waals surface area (Å²) >= 11 is 0. The van der Waals surface area contributed by atoms with E-state index in [1.165, 1.54) is 6.20 Å². The second-order valence-corrected chi connectivity index (χ2v) is 5.67. The molecule has 3 N–H and O–H groups in total. The van der Waals surface area contributed by atoms with Crippen LogP contribution in [0.5, 0.6) is 5.75 Å². The van der Waals surface area contributed by atoms with Crippen molar-refractivity contribution >= 4 is 17.1 Å². The molecule has 7 heteroatoms. The van der Waals surface area contributed by atoms with E-state index >= 15 is 0 Å². The van der Waals surface area contributed by atoms with E-state index in [1.807, 2.05) is 0 Å². The van der Waals surface area contributed by atoms with Crippen molar-refractivity contribution in [3.63, 3.8) is 0 Å². The predicted molar refractivity (Wildman–Crippen MR) is 111 cm³/mol. The molecule has 0 atom stereocenters. The second-order valence-electron chi connectivity index (χ2n) is 5.67. The minimum absolute atomic E-state index is 0.172. The van der Waals surface area contributed by atoms with Crippen LogP contribution in [0.2, 0.25) is 0 Å². The van der Waals surface area contributed by atoms with Crippen LogP contribution < -0.4 is 15.7 Å². The van der Waals surface area contributed by atoms with Gasteiger partial charge in [-0.15, -0.1) is 0 Å². The van der Waals surface area contributed by atoms with Gasteiger partial charge >= 0.3 is 5.69 Å². The number of nitrogens with zero attached hydrogens (tertiary/aromatic N) is 1. The molecule has 2 heterocycles. The Morgan fingerprint density at radius 1 is 1.32 bits per heavy atom. The first-order chi connectivity index (χ1) is 13.5. The number of carbonyl (C=O) groups is 1. The van der Waals surface area contributed by atoms with Gasteiger partial charge in [0.25, 0.3) is 0 Å². The summed E-state index contributed by atoms with van der Waals surface area (Å²) in [5, 5.41) is 2.69. The van der Waals surface area contributed by atoms with Gasteiger partial charge in [0.15, 0.2) is 11.4 Å². The third-order valence-corrected chi connectivity index (χ3v) is 3.60. The van der Waals surface area contributed by atoms with Crippen molar-refractivity contribution in [3.05, 3.63) is 96.0 Å². The summed E-state index contributed by atoms with van der Waals surface area (Å²) < 4.78 is 5.82. The Hall–Kier alpha value is -3.87. The third kappa shape index (κ3) is 5.57. The smallest absolute Gasteiger partial charge is 0.325 e. The fraction of sp³-hybridized carbons (Fsp3) is 0.0952. The average molecular weight is 378 g/mol. The van der Waals surface area contributed by atoms with E-state index < -0.39 is 0 Å². The number of aromatic nitrogens is 3. The Balaban J connectivity index is 2.02. The number of hydrogen-bond acceptors (Lipinski definition) is 4. The maximum absolute atomic E-state index is 12.0. The van der Waals surface area contributed by atoms with E-state index in [0.29, 0.717) is 28.4 Å². The summed E-state index contributed by atoms with van der Waals surface area (Å²) in [6.45, 7) is 12.9. The lowest BCUT2D eigenvalue weighted by Gasteiger charge is -2.08. The lowest BCUT2D eigenvalue weighted by molar-refractivity contribution is -0.119. The van der Waals surface area contributed by atoms with E-state index in [2.05, 4.69) is 40.0 Å². The zero-order valence-corrected chi connectivity index (χ0v) is 15.6. The molecule has 0 aromatic carbocycles. The third-order valence-electron chi connectivity index (χ3n) is 3.60. The van der Waals surface area contributed by atoms with Crippen molar-refractivity contribution in [2.75, 3.05) is 0 Å². The SMILES string of the molecule is C=C/C=C(\C=C)CC(=O)NC(=C)/C=C\C(=C/C)Oc1ccnc2[nH]c(=O)[nH]c12. The fourth-order valence-corrected chi connectivity index (χ4v) is 2.30. The van der Waals surface area contributed by atoms with Crippen LogP contribution in [0, 0.1) is 0 Å². The van der Waals surface area contributed by atoms with E-state index in [-0.39, 0.29) is 18.0 Å². The van der Waals surface area contributed by atoms with Gasteiger partial charge in [-0.05, 0) is 30.7 Å². The number of amides is 1. The maximum atomic E-state index is 12.0. The molecule has 2 rings (SSSR count). The van der Waals surface area contributed by atoms with Crippen molar-refractivity contribution in [1.29, 1.82) is 0 Å². The molecule has 0 bridgehead atoms. The van der Waals surface area contributed by atoms with Gasteiger partial charge in [-0.3, -0.25) is 9.78 Å². The fourth-order valence-electron chi connectivity index (χ4n) is 2.30. The van der Waals surface area contributed by atoms with Gasteiger partial charge in [0.2, 0.25) is 5.91 Å². The van der Waals surface area contributed by atoms with Crippen LogP contribution in [-0.2, 0) is 4.79 Å². The lowest BCUT2D eigenvalue weighted by atomic mass is 10.1. The number of rotatable bonds is 9. The highest BCUT2D eigenvalue weighted by Crippen LogP contribution is 2.22. The normalized spacial score (nSPS) is 12.2. The number of allylic oxidation sites excluding steroid dienone is 6. The van der Waals surface area contributed by atoms with Gasteiger partial charge < -0.3 is 15.0 Å². The molecule has 28 heavy (non-hydrogen) atoms. The largest absolute Gasteiger partial charge is 0.455 e. The van der Waals surface area contributed by atoms with Crippen LogP contribution in [0.15, 0.2) is 90.3 Å². The molecule has 2 aromatic rings. The first-order valence-electron chi connectivity index (χ1n) is 8.48. The van der Waals surface area contributed by atoms with Crippen molar-refractivity contribution in [2.45, 2.75) is 13.3 Å². The van der Waals surface area contributed by atoms with E-state index in [9.17, 15) is 9.59 Å². The van der Waals surface area contributed by atoms with Crippen LogP contribution in [0.25, 0.3) is 11.2 Å². The number of aromatic amines is 2. The standard InChI is InChI=1S/C21H22N4O3/c1-5-8-15(6-2)13-18(26)23-14(4)9-10-16(7-3)28-17-11-12-22-20-19(17)24-21(27)25-20/h5-12H,1-2,4,13H2,3H3,(H,23,26)(H2,22,24,25,27)/b10-9-,15-8+,16-7+. The maximum Gasteiger partial charge on any atom is 0.325 e. The Kier molecular flexibility index (Phi) is 7.10. The van der Waals surface area contributed by atoms with Crippen molar-refractivity contribution < 1.29 is 9.53 Å². The Bertz CT molecular complexity index is 1050. The summed E-state index contributed by atoms with van der Waals surface area (Å²) in [6, 6.07) is 1.64. The monoisotopic (exact) mass is 378 g/mol. The number of carbonyl (C=O) groups excluding carboxylic acids is 1.